The Morgan fingerprint density at radius 3 is 2.78 bits per heavy atom. The molecule has 5 heteroatoms. The zero-order chi connectivity index (χ0) is 13.4. The Kier molecular flexibility index (Phi) is 3.09. The number of nitrogens with one attached hydrogen (secondary N) is 1. The van der Waals surface area contributed by atoms with E-state index in [1.807, 2.05) is 19.9 Å². The van der Waals surface area contributed by atoms with Crippen LogP contribution in [0.15, 0.2) is 6.07 Å². The highest BCUT2D eigenvalue weighted by atomic mass is 16.4. The Morgan fingerprint density at radius 1 is 1.56 bits per heavy atom. The topological polar surface area (TPSA) is 92.4 Å². The third kappa shape index (κ3) is 1.86. The van der Waals surface area contributed by atoms with E-state index in [1.165, 1.54) is 0 Å². The van der Waals surface area contributed by atoms with Gasteiger partial charge in [0.2, 0.25) is 5.91 Å². The van der Waals surface area contributed by atoms with Crippen LogP contribution in [0.5, 0.6) is 0 Å². The first-order chi connectivity index (χ1) is 8.45. The van der Waals surface area contributed by atoms with Crippen LogP contribution < -0.4 is 11.1 Å². The summed E-state index contributed by atoms with van der Waals surface area (Å²) >= 11 is 0. The van der Waals surface area contributed by atoms with Gasteiger partial charge in [-0.2, -0.15) is 0 Å². The minimum atomic E-state index is -0.963. The van der Waals surface area contributed by atoms with Gasteiger partial charge in [-0.1, -0.05) is 6.07 Å². The number of fused-ring (bicyclic) bond motifs is 1. The van der Waals surface area contributed by atoms with Crippen LogP contribution in [-0.2, 0) is 16.0 Å². The number of hydrogen-bond acceptors (Lipinski definition) is 3. The van der Waals surface area contributed by atoms with Gasteiger partial charge >= 0.3 is 5.97 Å². The number of rotatable bonds is 3. The molecule has 4 N–H and O–H groups in total. The molecule has 0 saturated heterocycles. The first-order valence-corrected chi connectivity index (χ1v) is 5.81. The van der Waals surface area contributed by atoms with Gasteiger partial charge in [-0.15, -0.1) is 0 Å². The molecular formula is C13H16N2O3. The minimum absolute atomic E-state index is 0.0158. The standard InChI is InChI=1S/C13H16N2O3/c1-6-3-8-4-10(16)15-12(8)11(7(6)2)9(5-14)13(17)18/h3,9H,4-5,14H2,1-2H3,(H,15,16)(H,17,18). The van der Waals surface area contributed by atoms with E-state index in [1.54, 1.807) is 0 Å². The number of carboxylic acids is 1. The number of aliphatic carboxylic acids is 1. The Bertz CT molecular complexity index is 538. The van der Waals surface area contributed by atoms with E-state index in [2.05, 4.69) is 5.32 Å². The van der Waals surface area contributed by atoms with Gasteiger partial charge in [0.25, 0.3) is 0 Å². The molecular weight excluding hydrogens is 232 g/mol. The summed E-state index contributed by atoms with van der Waals surface area (Å²) in [6.07, 6.45) is 0.306. The second-order valence-corrected chi connectivity index (χ2v) is 4.62. The van der Waals surface area contributed by atoms with Gasteiger partial charge in [0.05, 0.1) is 12.3 Å². The minimum Gasteiger partial charge on any atom is -0.481 e. The maximum absolute atomic E-state index is 11.5. The predicted octanol–water partition coefficient (Wildman–Crippen LogP) is 0.925. The molecule has 0 fully saturated rings. The van der Waals surface area contributed by atoms with Gasteiger partial charge in [-0.3, -0.25) is 9.59 Å². The lowest BCUT2D eigenvalue weighted by Crippen LogP contribution is -2.23. The molecule has 1 amide bonds. The number of carboxylic acid groups (broad SMARTS) is 1. The Hall–Kier alpha value is -1.88. The molecule has 0 aliphatic carbocycles. The lowest BCUT2D eigenvalue weighted by Gasteiger charge is -2.19. The van der Waals surface area contributed by atoms with Gasteiger partial charge in [-0.25, -0.2) is 0 Å². The number of carbonyl (C=O) groups excluding carboxylic acids is 1. The van der Waals surface area contributed by atoms with Crippen LogP contribution in [0.3, 0.4) is 0 Å². The van der Waals surface area contributed by atoms with Crippen molar-refractivity contribution in [3.8, 4) is 0 Å². The fourth-order valence-electron chi connectivity index (χ4n) is 2.44. The first-order valence-electron chi connectivity index (χ1n) is 5.81. The molecule has 1 aliphatic heterocycles. The van der Waals surface area contributed by atoms with Crippen LogP contribution in [0.1, 0.15) is 28.2 Å². The predicted molar refractivity (Wildman–Crippen MR) is 67.7 cm³/mol. The van der Waals surface area contributed by atoms with Gasteiger partial charge in [-0.05, 0) is 36.1 Å². The van der Waals surface area contributed by atoms with Crippen molar-refractivity contribution >= 4 is 17.6 Å². The average molecular weight is 248 g/mol. The molecule has 1 unspecified atom stereocenters. The zero-order valence-corrected chi connectivity index (χ0v) is 10.4. The van der Waals surface area contributed by atoms with Gasteiger partial charge in [0.15, 0.2) is 0 Å². The summed E-state index contributed by atoms with van der Waals surface area (Å²) < 4.78 is 0. The number of nitrogens with two attached hydrogens (primary N) is 1. The Morgan fingerprint density at radius 2 is 2.22 bits per heavy atom. The van der Waals surface area contributed by atoms with E-state index in [0.29, 0.717) is 17.7 Å². The number of aryl methyl sites for hydroxylation is 1. The average Bonchev–Trinajstić information content (AvgIpc) is 2.64. The number of amides is 1. The molecule has 1 aliphatic rings. The van der Waals surface area contributed by atoms with Crippen molar-refractivity contribution < 1.29 is 14.7 Å². The fraction of sp³-hybridized carbons (Fsp3) is 0.385. The number of anilines is 1. The summed E-state index contributed by atoms with van der Waals surface area (Å²) in [6.45, 7) is 3.79. The third-order valence-corrected chi connectivity index (χ3v) is 3.47. The van der Waals surface area contributed by atoms with Crippen molar-refractivity contribution in [2.75, 3.05) is 11.9 Å². The summed E-state index contributed by atoms with van der Waals surface area (Å²) in [5.41, 5.74) is 9.57. The van der Waals surface area contributed by atoms with E-state index in [9.17, 15) is 14.7 Å². The molecule has 5 nitrogen and oxygen atoms in total. The van der Waals surface area contributed by atoms with Crippen LogP contribution in [0.25, 0.3) is 0 Å². The molecule has 0 spiro atoms. The summed E-state index contributed by atoms with van der Waals surface area (Å²) in [7, 11) is 0. The van der Waals surface area contributed by atoms with E-state index in [4.69, 9.17) is 5.73 Å². The Labute approximate surface area is 105 Å². The second kappa shape index (κ2) is 4.42. The summed E-state index contributed by atoms with van der Waals surface area (Å²) in [4.78, 5) is 22.7. The largest absolute Gasteiger partial charge is 0.481 e. The van der Waals surface area contributed by atoms with Crippen LogP contribution in [0.4, 0.5) is 5.69 Å². The van der Waals surface area contributed by atoms with E-state index < -0.39 is 11.9 Å². The molecule has 96 valence electrons. The highest BCUT2D eigenvalue weighted by molar-refractivity contribution is 6.01. The maximum atomic E-state index is 11.5. The van der Waals surface area contributed by atoms with Crippen molar-refractivity contribution in [3.05, 3.63) is 28.3 Å². The molecule has 0 bridgehead atoms. The molecule has 1 aromatic rings. The quantitative estimate of drug-likeness (QED) is 0.741. The molecule has 0 saturated carbocycles. The molecule has 1 atom stereocenters. The number of benzene rings is 1. The van der Waals surface area contributed by atoms with E-state index in [0.717, 1.165) is 16.7 Å². The maximum Gasteiger partial charge on any atom is 0.312 e. The van der Waals surface area contributed by atoms with E-state index in [-0.39, 0.29) is 12.5 Å². The van der Waals surface area contributed by atoms with E-state index >= 15 is 0 Å². The van der Waals surface area contributed by atoms with Crippen molar-refractivity contribution in [3.63, 3.8) is 0 Å². The van der Waals surface area contributed by atoms with Crippen LogP contribution in [0, 0.1) is 13.8 Å². The van der Waals surface area contributed by atoms with Gasteiger partial charge in [0, 0.05) is 12.2 Å². The van der Waals surface area contributed by atoms with Crippen molar-refractivity contribution in [2.24, 2.45) is 5.73 Å². The monoisotopic (exact) mass is 248 g/mol. The van der Waals surface area contributed by atoms with Gasteiger partial charge < -0.3 is 16.2 Å². The Balaban J connectivity index is 2.66. The molecule has 1 heterocycles. The van der Waals surface area contributed by atoms with Crippen molar-refractivity contribution in [1.82, 2.24) is 0 Å². The van der Waals surface area contributed by atoms with Crippen LogP contribution in [0.2, 0.25) is 0 Å². The molecule has 1 aromatic carbocycles. The van der Waals surface area contributed by atoms with Crippen molar-refractivity contribution in [2.45, 2.75) is 26.2 Å². The highest BCUT2D eigenvalue weighted by Gasteiger charge is 2.30. The van der Waals surface area contributed by atoms with Crippen LogP contribution >= 0.6 is 0 Å². The highest BCUT2D eigenvalue weighted by Crippen LogP contribution is 2.36. The van der Waals surface area contributed by atoms with Gasteiger partial charge in [0.1, 0.15) is 0 Å². The lowest BCUT2D eigenvalue weighted by molar-refractivity contribution is -0.138. The summed E-state index contributed by atoms with van der Waals surface area (Å²) in [5.74, 6) is -1.84. The first kappa shape index (κ1) is 12.6. The molecule has 18 heavy (non-hydrogen) atoms. The SMILES string of the molecule is Cc1cc2c(c(C(CN)C(=O)O)c1C)NC(=O)C2. The molecule has 2 rings (SSSR count). The second-order valence-electron chi connectivity index (χ2n) is 4.62. The zero-order valence-electron chi connectivity index (χ0n) is 10.4. The lowest BCUT2D eigenvalue weighted by atomic mass is 9.88. The number of carbonyl (C=O) groups is 2. The molecule has 0 radical (unpaired) electrons. The summed E-state index contributed by atoms with van der Waals surface area (Å²) in [6, 6.07) is 1.93. The van der Waals surface area contributed by atoms with Crippen LogP contribution in [-0.4, -0.2) is 23.5 Å². The number of hydrogen-bond donors (Lipinski definition) is 3. The normalized spacial score (nSPS) is 15.2. The molecule has 0 aromatic heterocycles. The summed E-state index contributed by atoms with van der Waals surface area (Å²) in [5, 5.41) is 12.0. The van der Waals surface area contributed by atoms with Crippen molar-refractivity contribution in [1.29, 1.82) is 0 Å². The smallest absolute Gasteiger partial charge is 0.312 e. The third-order valence-electron chi connectivity index (χ3n) is 3.47. The fourth-order valence-corrected chi connectivity index (χ4v) is 2.44.